The number of hydrogen-bond donors (Lipinski definition) is 2. The molecule has 3 atom stereocenters. The lowest BCUT2D eigenvalue weighted by Gasteiger charge is -2.36. The third-order valence-corrected chi connectivity index (χ3v) is 6.87. The number of imide groups is 1. The average Bonchev–Trinajstić information content (AvgIpc) is 2.98. The summed E-state index contributed by atoms with van der Waals surface area (Å²) in [6.07, 6.45) is 0. The second kappa shape index (κ2) is 7.05. The van der Waals surface area contributed by atoms with Crippen LogP contribution in [-0.4, -0.2) is 34.7 Å². The first-order chi connectivity index (χ1) is 14.9. The van der Waals surface area contributed by atoms with Gasteiger partial charge in [-0.05, 0) is 37.3 Å². The number of carbonyl (C=O) groups excluding carboxylic acids is 3. The largest absolute Gasteiger partial charge is 0.508 e. The molecule has 1 saturated heterocycles. The Morgan fingerprint density at radius 2 is 1.87 bits per heavy atom. The van der Waals surface area contributed by atoms with Crippen LogP contribution in [0.25, 0.3) is 0 Å². The third-order valence-electron chi connectivity index (χ3n) is 5.65. The number of aromatic hydroxyl groups is 1. The van der Waals surface area contributed by atoms with Crippen LogP contribution in [0.4, 0.5) is 5.69 Å². The van der Waals surface area contributed by atoms with Crippen molar-refractivity contribution in [3.05, 3.63) is 58.6 Å². The van der Waals surface area contributed by atoms with Crippen molar-refractivity contribution in [2.75, 3.05) is 11.5 Å². The fourth-order valence-electron chi connectivity index (χ4n) is 4.35. The van der Waals surface area contributed by atoms with Crippen molar-refractivity contribution in [3.8, 4) is 17.2 Å². The highest BCUT2D eigenvalue weighted by Crippen LogP contribution is 2.54. The molecule has 0 spiro atoms. The number of benzene rings is 2. The summed E-state index contributed by atoms with van der Waals surface area (Å²) in [5, 5.41) is 9.19. The van der Waals surface area contributed by atoms with Gasteiger partial charge in [0, 0.05) is 17.5 Å². The quantitative estimate of drug-likeness (QED) is 0.426. The van der Waals surface area contributed by atoms with E-state index in [1.54, 1.807) is 30.3 Å². The average molecular weight is 438 g/mol. The predicted octanol–water partition coefficient (Wildman–Crippen LogP) is 2.27. The van der Waals surface area contributed by atoms with Gasteiger partial charge in [-0.1, -0.05) is 17.8 Å². The molecule has 9 heteroatoms. The van der Waals surface area contributed by atoms with Gasteiger partial charge in [-0.3, -0.25) is 9.59 Å². The van der Waals surface area contributed by atoms with Crippen molar-refractivity contribution in [1.29, 1.82) is 0 Å². The number of thioether (sulfide) groups is 1. The molecule has 0 radical (unpaired) electrons. The standard InChI is InChI=1S/C22H18N2O6S/c1-2-29-12-6-3-10(4-7-12)24-20(26)16-15-13-8-5-11(25)9-14(13)30-22(28)17(15)19(23)31-18(16)21(24)27/h3-9,15-16,18,25H,2,23H2,1H3/t15-,16+,18+/m0/s1. The summed E-state index contributed by atoms with van der Waals surface area (Å²) < 4.78 is 10.8. The van der Waals surface area contributed by atoms with Crippen molar-refractivity contribution < 1.29 is 29.0 Å². The lowest BCUT2D eigenvalue weighted by molar-refractivity contribution is -0.131. The summed E-state index contributed by atoms with van der Waals surface area (Å²) >= 11 is 1.02. The van der Waals surface area contributed by atoms with Crippen LogP contribution in [0.5, 0.6) is 17.2 Å². The Kier molecular flexibility index (Phi) is 4.44. The summed E-state index contributed by atoms with van der Waals surface area (Å²) in [4.78, 5) is 40.6. The normalized spacial score (nSPS) is 24.5. The molecule has 0 saturated carbocycles. The highest BCUT2D eigenvalue weighted by Gasteiger charge is 2.58. The van der Waals surface area contributed by atoms with Crippen molar-refractivity contribution in [2.45, 2.75) is 18.1 Å². The van der Waals surface area contributed by atoms with Gasteiger partial charge in [0.2, 0.25) is 11.8 Å². The van der Waals surface area contributed by atoms with Crippen LogP contribution in [0.3, 0.4) is 0 Å². The molecule has 2 aromatic carbocycles. The topological polar surface area (TPSA) is 119 Å². The molecule has 1 fully saturated rings. The molecule has 5 rings (SSSR count). The second-order valence-corrected chi connectivity index (χ2v) is 8.55. The van der Waals surface area contributed by atoms with E-state index in [-0.39, 0.29) is 28.0 Å². The monoisotopic (exact) mass is 438 g/mol. The maximum Gasteiger partial charge on any atom is 0.342 e. The number of hydrogen-bond acceptors (Lipinski definition) is 8. The zero-order chi connectivity index (χ0) is 21.9. The van der Waals surface area contributed by atoms with Crippen LogP contribution in [-0.2, 0) is 14.4 Å². The van der Waals surface area contributed by atoms with E-state index in [2.05, 4.69) is 0 Å². The lowest BCUT2D eigenvalue weighted by atomic mass is 9.77. The highest BCUT2D eigenvalue weighted by atomic mass is 32.2. The maximum absolute atomic E-state index is 13.5. The molecule has 2 aromatic rings. The number of nitrogens with zero attached hydrogens (tertiary/aromatic N) is 1. The molecule has 3 aliphatic rings. The first-order valence-corrected chi connectivity index (χ1v) is 10.6. The molecule has 0 aromatic heterocycles. The number of nitrogens with two attached hydrogens (primary N) is 1. The van der Waals surface area contributed by atoms with Crippen molar-refractivity contribution >= 4 is 35.2 Å². The fraction of sp³-hybridized carbons (Fsp3) is 0.227. The van der Waals surface area contributed by atoms with Gasteiger partial charge in [0.1, 0.15) is 22.5 Å². The van der Waals surface area contributed by atoms with E-state index in [0.717, 1.165) is 16.7 Å². The van der Waals surface area contributed by atoms with Crippen LogP contribution in [0, 0.1) is 5.92 Å². The lowest BCUT2D eigenvalue weighted by Crippen LogP contribution is -2.39. The minimum absolute atomic E-state index is 0.0708. The molecule has 3 N–H and O–H groups in total. The first-order valence-electron chi connectivity index (χ1n) is 9.72. The number of carbonyl (C=O) groups is 3. The van der Waals surface area contributed by atoms with E-state index in [1.807, 2.05) is 6.92 Å². The minimum Gasteiger partial charge on any atom is -0.508 e. The van der Waals surface area contributed by atoms with Crippen molar-refractivity contribution in [3.63, 3.8) is 0 Å². The van der Waals surface area contributed by atoms with E-state index >= 15 is 0 Å². The highest BCUT2D eigenvalue weighted by molar-refractivity contribution is 8.04. The minimum atomic E-state index is -0.817. The number of amides is 2. The van der Waals surface area contributed by atoms with Crippen LogP contribution in [0.1, 0.15) is 18.4 Å². The molecule has 0 bridgehead atoms. The molecule has 0 unspecified atom stereocenters. The van der Waals surface area contributed by atoms with Crippen LogP contribution < -0.4 is 20.1 Å². The smallest absolute Gasteiger partial charge is 0.342 e. The van der Waals surface area contributed by atoms with Gasteiger partial charge in [0.15, 0.2) is 0 Å². The van der Waals surface area contributed by atoms with Gasteiger partial charge in [0.25, 0.3) is 0 Å². The number of anilines is 1. The first kappa shape index (κ1) is 19.5. The van der Waals surface area contributed by atoms with Gasteiger partial charge in [-0.2, -0.15) is 0 Å². The summed E-state index contributed by atoms with van der Waals surface area (Å²) in [6.45, 7) is 2.37. The maximum atomic E-state index is 13.5. The molecule has 3 aliphatic heterocycles. The van der Waals surface area contributed by atoms with Gasteiger partial charge >= 0.3 is 5.97 Å². The number of fused-ring (bicyclic) bond motifs is 5. The van der Waals surface area contributed by atoms with Gasteiger partial charge in [-0.25, -0.2) is 9.69 Å². The Labute approximate surface area is 181 Å². The summed E-state index contributed by atoms with van der Waals surface area (Å²) in [7, 11) is 0. The molecule has 2 amide bonds. The molecular formula is C22H18N2O6S. The predicted molar refractivity (Wildman–Crippen MR) is 113 cm³/mol. The Balaban J connectivity index is 1.59. The molecule has 8 nitrogen and oxygen atoms in total. The van der Waals surface area contributed by atoms with Crippen molar-refractivity contribution in [2.24, 2.45) is 11.7 Å². The van der Waals surface area contributed by atoms with Crippen LogP contribution in [0.15, 0.2) is 53.1 Å². The van der Waals surface area contributed by atoms with Gasteiger partial charge < -0.3 is 20.3 Å². The molecule has 31 heavy (non-hydrogen) atoms. The molecule has 3 heterocycles. The van der Waals surface area contributed by atoms with E-state index < -0.39 is 29.0 Å². The Hall–Kier alpha value is -3.46. The molecule has 158 valence electrons. The number of rotatable bonds is 3. The number of phenols is 1. The zero-order valence-corrected chi connectivity index (χ0v) is 17.2. The summed E-state index contributed by atoms with van der Waals surface area (Å²) in [5.41, 5.74) is 7.31. The van der Waals surface area contributed by atoms with E-state index in [0.29, 0.717) is 23.6 Å². The van der Waals surface area contributed by atoms with E-state index in [9.17, 15) is 19.5 Å². The van der Waals surface area contributed by atoms with Gasteiger partial charge in [-0.15, -0.1) is 0 Å². The second-order valence-electron chi connectivity index (χ2n) is 7.37. The van der Waals surface area contributed by atoms with E-state index in [1.165, 1.54) is 12.1 Å². The fourth-order valence-corrected chi connectivity index (χ4v) is 5.59. The Morgan fingerprint density at radius 3 is 2.58 bits per heavy atom. The SMILES string of the molecule is CCOc1ccc(N2C(=O)[C@H]3[C@@H](SC(N)=C4C(=O)Oc5cc(O)ccc5[C@H]43)C2=O)cc1. The molecule has 0 aliphatic carbocycles. The van der Waals surface area contributed by atoms with Crippen molar-refractivity contribution in [1.82, 2.24) is 0 Å². The zero-order valence-electron chi connectivity index (χ0n) is 16.4. The number of esters is 1. The van der Waals surface area contributed by atoms with Crippen LogP contribution >= 0.6 is 11.8 Å². The third kappa shape index (κ3) is 2.88. The summed E-state index contributed by atoms with van der Waals surface area (Å²) in [5.74, 6) is -2.29. The van der Waals surface area contributed by atoms with E-state index in [4.69, 9.17) is 15.2 Å². The summed E-state index contributed by atoms with van der Waals surface area (Å²) in [6, 6.07) is 11.1. The Bertz CT molecular complexity index is 1160. The number of phenolic OH excluding ortho intramolecular Hbond substituents is 1. The van der Waals surface area contributed by atoms with Gasteiger partial charge in [0.05, 0.1) is 28.8 Å². The van der Waals surface area contributed by atoms with Crippen LogP contribution in [0.2, 0.25) is 0 Å². The number of ether oxygens (including phenoxy) is 2. The molecular weight excluding hydrogens is 420 g/mol. The Morgan fingerprint density at radius 1 is 1.13 bits per heavy atom.